The molecule has 0 aromatic rings. The van der Waals surface area contributed by atoms with Crippen LogP contribution < -0.4 is 0 Å². The molecule has 0 amide bonds. The van der Waals surface area contributed by atoms with Gasteiger partial charge in [-0.1, -0.05) is 13.8 Å². The van der Waals surface area contributed by atoms with E-state index in [9.17, 15) is 9.90 Å². The molecule has 0 bridgehead atoms. The van der Waals surface area contributed by atoms with E-state index in [-0.39, 0.29) is 22.5 Å². The van der Waals surface area contributed by atoms with Gasteiger partial charge in [-0.2, -0.15) is 0 Å². The Bertz CT molecular complexity index is 264. The molecular weight excluding hydrogens is 154 g/mol. The third kappa shape index (κ3) is 1.55. The van der Waals surface area contributed by atoms with Gasteiger partial charge in [0.25, 0.3) is 0 Å². The van der Waals surface area contributed by atoms with Crippen molar-refractivity contribution in [2.75, 3.05) is 0 Å². The van der Waals surface area contributed by atoms with Crippen LogP contribution in [0, 0.1) is 10.8 Å². The number of Topliss-reactive ketones (excluding diaryl/α,β-unsaturated/α-hetero) is 1. The third-order valence-electron chi connectivity index (χ3n) is 2.04. The predicted molar refractivity (Wildman–Crippen MR) is 46.5 cm³/mol. The summed E-state index contributed by atoms with van der Waals surface area (Å²) in [4.78, 5) is 11.3. The molecule has 2 N–H and O–H groups in total. The van der Waals surface area contributed by atoms with Gasteiger partial charge in [0.05, 0.1) is 5.57 Å². The molecule has 1 aliphatic carbocycles. The summed E-state index contributed by atoms with van der Waals surface area (Å²) in [5, 5.41) is 16.3. The predicted octanol–water partition coefficient (Wildman–Crippen LogP) is 1.84. The second kappa shape index (κ2) is 2.73. The van der Waals surface area contributed by atoms with Crippen molar-refractivity contribution in [3.05, 3.63) is 11.3 Å². The summed E-state index contributed by atoms with van der Waals surface area (Å²) in [6.45, 7) is 3.86. The molecule has 0 aliphatic heterocycles. The van der Waals surface area contributed by atoms with E-state index in [1.165, 1.54) is 0 Å². The molecule has 0 saturated heterocycles. The van der Waals surface area contributed by atoms with Gasteiger partial charge < -0.3 is 10.5 Å². The summed E-state index contributed by atoms with van der Waals surface area (Å²) < 4.78 is 0. The molecule has 0 heterocycles. The molecule has 66 valence electrons. The summed E-state index contributed by atoms with van der Waals surface area (Å²) in [5.41, 5.74) is 0.0163. The fourth-order valence-electron chi connectivity index (χ4n) is 1.47. The number of aliphatic hydroxyl groups is 1. The Hall–Kier alpha value is -1.12. The number of carbonyl (C=O) groups is 1. The van der Waals surface area contributed by atoms with Crippen molar-refractivity contribution >= 4 is 12.0 Å². The highest BCUT2D eigenvalue weighted by molar-refractivity contribution is 6.13. The van der Waals surface area contributed by atoms with E-state index in [0.717, 1.165) is 6.21 Å². The van der Waals surface area contributed by atoms with Crippen LogP contribution in [0.1, 0.15) is 26.7 Å². The number of carbonyl (C=O) groups excluding carboxylic acids is 1. The molecule has 0 atom stereocenters. The average molecular weight is 167 g/mol. The Morgan fingerprint density at radius 2 is 2.08 bits per heavy atom. The lowest BCUT2D eigenvalue weighted by molar-refractivity contribution is -0.117. The van der Waals surface area contributed by atoms with Crippen LogP contribution in [0.25, 0.3) is 0 Å². The van der Waals surface area contributed by atoms with E-state index >= 15 is 0 Å². The minimum atomic E-state index is -0.159. The highest BCUT2D eigenvalue weighted by atomic mass is 16.3. The van der Waals surface area contributed by atoms with Crippen molar-refractivity contribution < 1.29 is 9.90 Å². The Kier molecular flexibility index (Phi) is 2.04. The zero-order valence-electron chi connectivity index (χ0n) is 7.35. The molecule has 3 nitrogen and oxygen atoms in total. The normalized spacial score (nSPS) is 22.7. The monoisotopic (exact) mass is 167 g/mol. The fourth-order valence-corrected chi connectivity index (χ4v) is 1.47. The van der Waals surface area contributed by atoms with Gasteiger partial charge in [0.1, 0.15) is 5.76 Å². The maximum atomic E-state index is 11.3. The van der Waals surface area contributed by atoms with Gasteiger partial charge in [-0.15, -0.1) is 0 Å². The standard InChI is InChI=1S/C9H13NO2/c1-9(2)3-7(11)6(5-10)8(12)4-9/h5,10-11H,3-4H2,1-2H3. The second-order valence-corrected chi connectivity index (χ2v) is 3.95. The summed E-state index contributed by atoms with van der Waals surface area (Å²) >= 11 is 0. The zero-order chi connectivity index (χ0) is 9.35. The van der Waals surface area contributed by atoms with Crippen LogP contribution in [0.15, 0.2) is 11.3 Å². The topological polar surface area (TPSA) is 61.2 Å². The van der Waals surface area contributed by atoms with Crippen LogP contribution >= 0.6 is 0 Å². The van der Waals surface area contributed by atoms with E-state index in [2.05, 4.69) is 0 Å². The third-order valence-corrected chi connectivity index (χ3v) is 2.04. The zero-order valence-corrected chi connectivity index (χ0v) is 7.35. The van der Waals surface area contributed by atoms with E-state index in [1.807, 2.05) is 13.8 Å². The van der Waals surface area contributed by atoms with Crippen molar-refractivity contribution in [3.63, 3.8) is 0 Å². The smallest absolute Gasteiger partial charge is 0.168 e. The Labute approximate surface area is 71.6 Å². The Morgan fingerprint density at radius 3 is 2.50 bits per heavy atom. The maximum absolute atomic E-state index is 11.3. The summed E-state index contributed by atoms with van der Waals surface area (Å²) in [7, 11) is 0. The first-order valence-electron chi connectivity index (χ1n) is 3.92. The van der Waals surface area contributed by atoms with Gasteiger partial charge in [-0.3, -0.25) is 4.79 Å². The van der Waals surface area contributed by atoms with E-state index in [0.29, 0.717) is 12.8 Å². The van der Waals surface area contributed by atoms with Crippen LogP contribution in [0.2, 0.25) is 0 Å². The Balaban J connectivity index is 3.02. The van der Waals surface area contributed by atoms with Gasteiger partial charge in [0, 0.05) is 19.1 Å². The maximum Gasteiger partial charge on any atom is 0.168 e. The fraction of sp³-hybridized carbons (Fsp3) is 0.556. The number of nitrogens with one attached hydrogen (secondary N) is 1. The molecule has 3 heteroatoms. The van der Waals surface area contributed by atoms with Crippen LogP contribution in [-0.2, 0) is 4.79 Å². The molecule has 0 unspecified atom stereocenters. The van der Waals surface area contributed by atoms with Crippen molar-refractivity contribution in [2.24, 2.45) is 5.41 Å². The van der Waals surface area contributed by atoms with Gasteiger partial charge in [-0.25, -0.2) is 0 Å². The van der Waals surface area contributed by atoms with Crippen molar-refractivity contribution in [3.8, 4) is 0 Å². The molecule has 1 rings (SSSR count). The van der Waals surface area contributed by atoms with Crippen LogP contribution in [-0.4, -0.2) is 17.1 Å². The Morgan fingerprint density at radius 1 is 1.50 bits per heavy atom. The van der Waals surface area contributed by atoms with E-state index < -0.39 is 0 Å². The minimum absolute atomic E-state index is 0.0613. The SMILES string of the molecule is CC1(C)CC(=O)C(C=N)=C(O)C1. The van der Waals surface area contributed by atoms with Gasteiger partial charge in [0.15, 0.2) is 5.78 Å². The van der Waals surface area contributed by atoms with Crippen LogP contribution in [0.4, 0.5) is 0 Å². The first-order chi connectivity index (χ1) is 5.46. The highest BCUT2D eigenvalue weighted by Gasteiger charge is 2.31. The molecule has 0 saturated carbocycles. The summed E-state index contributed by atoms with van der Waals surface area (Å²) in [6, 6.07) is 0. The summed E-state index contributed by atoms with van der Waals surface area (Å²) in [5.74, 6) is -0.0648. The molecule has 12 heavy (non-hydrogen) atoms. The number of allylic oxidation sites excluding steroid dienone is 2. The van der Waals surface area contributed by atoms with Crippen LogP contribution in [0.3, 0.4) is 0 Å². The molecule has 0 spiro atoms. The lowest BCUT2D eigenvalue weighted by Gasteiger charge is -2.28. The lowest BCUT2D eigenvalue weighted by Crippen LogP contribution is -2.26. The molecule has 0 fully saturated rings. The van der Waals surface area contributed by atoms with Crippen molar-refractivity contribution in [1.82, 2.24) is 0 Å². The number of rotatable bonds is 1. The second-order valence-electron chi connectivity index (χ2n) is 3.95. The molecule has 0 aromatic heterocycles. The van der Waals surface area contributed by atoms with Gasteiger partial charge >= 0.3 is 0 Å². The van der Waals surface area contributed by atoms with Crippen LogP contribution in [0.5, 0.6) is 0 Å². The average Bonchev–Trinajstić information content (AvgIpc) is 1.82. The number of hydrogen-bond donors (Lipinski definition) is 2. The molecule has 1 aliphatic rings. The van der Waals surface area contributed by atoms with Gasteiger partial charge in [-0.05, 0) is 5.41 Å². The molecule has 0 aromatic carbocycles. The minimum Gasteiger partial charge on any atom is -0.511 e. The van der Waals surface area contributed by atoms with Crippen molar-refractivity contribution in [2.45, 2.75) is 26.7 Å². The van der Waals surface area contributed by atoms with E-state index in [4.69, 9.17) is 5.41 Å². The highest BCUT2D eigenvalue weighted by Crippen LogP contribution is 2.34. The van der Waals surface area contributed by atoms with Crippen molar-refractivity contribution in [1.29, 1.82) is 5.41 Å². The molecule has 0 radical (unpaired) electrons. The largest absolute Gasteiger partial charge is 0.511 e. The number of ketones is 1. The van der Waals surface area contributed by atoms with Gasteiger partial charge in [0.2, 0.25) is 0 Å². The number of hydrogen-bond acceptors (Lipinski definition) is 3. The van der Waals surface area contributed by atoms with E-state index in [1.54, 1.807) is 0 Å². The molecular formula is C9H13NO2. The first kappa shape index (κ1) is 8.97. The first-order valence-corrected chi connectivity index (χ1v) is 3.92. The quantitative estimate of drug-likeness (QED) is 0.585. The lowest BCUT2D eigenvalue weighted by atomic mass is 9.77. The summed E-state index contributed by atoms with van der Waals surface area (Å²) in [6.07, 6.45) is 1.85. The number of aliphatic hydroxyl groups excluding tert-OH is 1.